The SMILES string of the molecule is COc1ccc2c(CC(=O)NCC3(O)CCC3)coc2c1. The number of furan rings is 1. The quantitative estimate of drug-likeness (QED) is 0.883. The molecule has 1 saturated carbocycles. The Bertz CT molecular complexity index is 657. The summed E-state index contributed by atoms with van der Waals surface area (Å²) in [5, 5.41) is 13.7. The van der Waals surface area contributed by atoms with Gasteiger partial charge >= 0.3 is 0 Å². The van der Waals surface area contributed by atoms with E-state index in [9.17, 15) is 9.90 Å². The van der Waals surface area contributed by atoms with E-state index in [0.717, 1.165) is 36.0 Å². The van der Waals surface area contributed by atoms with Crippen molar-refractivity contribution in [3.63, 3.8) is 0 Å². The van der Waals surface area contributed by atoms with Crippen LogP contribution in [0.15, 0.2) is 28.9 Å². The number of amides is 1. The van der Waals surface area contributed by atoms with Crippen LogP contribution in [0.1, 0.15) is 24.8 Å². The molecule has 1 aliphatic carbocycles. The number of carbonyl (C=O) groups is 1. The van der Waals surface area contributed by atoms with Gasteiger partial charge in [-0.2, -0.15) is 0 Å². The number of carbonyl (C=O) groups excluding carboxylic acids is 1. The van der Waals surface area contributed by atoms with Gasteiger partial charge in [0.25, 0.3) is 0 Å². The number of ether oxygens (including phenoxy) is 1. The number of hydrogen-bond donors (Lipinski definition) is 2. The summed E-state index contributed by atoms with van der Waals surface area (Å²) in [5.41, 5.74) is 0.849. The van der Waals surface area contributed by atoms with Gasteiger partial charge in [-0.15, -0.1) is 0 Å². The molecule has 21 heavy (non-hydrogen) atoms. The van der Waals surface area contributed by atoms with E-state index in [4.69, 9.17) is 9.15 Å². The highest BCUT2D eigenvalue weighted by atomic mass is 16.5. The first-order chi connectivity index (χ1) is 10.1. The molecule has 1 fully saturated rings. The highest BCUT2D eigenvalue weighted by Crippen LogP contribution is 2.30. The number of fused-ring (bicyclic) bond motifs is 1. The monoisotopic (exact) mass is 289 g/mol. The van der Waals surface area contributed by atoms with Crippen molar-refractivity contribution in [2.24, 2.45) is 0 Å². The van der Waals surface area contributed by atoms with Gasteiger partial charge < -0.3 is 19.6 Å². The molecule has 3 rings (SSSR count). The van der Waals surface area contributed by atoms with Gasteiger partial charge in [0.1, 0.15) is 11.3 Å². The number of benzene rings is 1. The van der Waals surface area contributed by atoms with E-state index in [-0.39, 0.29) is 12.3 Å². The molecule has 5 nitrogen and oxygen atoms in total. The van der Waals surface area contributed by atoms with Crippen LogP contribution in [-0.2, 0) is 11.2 Å². The van der Waals surface area contributed by atoms with Gasteiger partial charge in [0.05, 0.1) is 25.4 Å². The summed E-state index contributed by atoms with van der Waals surface area (Å²) in [4.78, 5) is 12.0. The van der Waals surface area contributed by atoms with Crippen molar-refractivity contribution >= 4 is 16.9 Å². The van der Waals surface area contributed by atoms with E-state index in [2.05, 4.69) is 5.32 Å². The maximum atomic E-state index is 12.0. The molecular formula is C16H19NO4. The van der Waals surface area contributed by atoms with Crippen LogP contribution in [0.25, 0.3) is 11.0 Å². The lowest BCUT2D eigenvalue weighted by molar-refractivity contribution is -0.122. The minimum atomic E-state index is -0.693. The maximum absolute atomic E-state index is 12.0. The topological polar surface area (TPSA) is 71.7 Å². The Morgan fingerprint density at radius 3 is 2.95 bits per heavy atom. The van der Waals surface area contributed by atoms with Gasteiger partial charge in [0.15, 0.2) is 0 Å². The van der Waals surface area contributed by atoms with E-state index in [1.54, 1.807) is 19.4 Å². The average Bonchev–Trinajstić information content (AvgIpc) is 2.85. The Hall–Kier alpha value is -2.01. The first kappa shape index (κ1) is 13.9. The third kappa shape index (κ3) is 2.88. The molecule has 0 aliphatic heterocycles. The zero-order valence-corrected chi connectivity index (χ0v) is 12.0. The summed E-state index contributed by atoms with van der Waals surface area (Å²) in [6.45, 7) is 0.329. The lowest BCUT2D eigenvalue weighted by Crippen LogP contribution is -2.48. The number of methoxy groups -OCH3 is 1. The molecule has 1 aromatic heterocycles. The molecule has 2 aromatic rings. The standard InChI is InChI=1S/C16H19NO4/c1-20-12-3-4-13-11(9-21-14(13)8-12)7-15(18)17-10-16(19)5-2-6-16/h3-4,8-9,19H,2,5-7,10H2,1H3,(H,17,18). The van der Waals surface area contributed by atoms with Crippen molar-refractivity contribution in [1.82, 2.24) is 5.32 Å². The van der Waals surface area contributed by atoms with Gasteiger partial charge in [0.2, 0.25) is 5.91 Å². The molecule has 1 heterocycles. The minimum Gasteiger partial charge on any atom is -0.497 e. The molecule has 0 bridgehead atoms. The Labute approximate surface area is 122 Å². The molecule has 1 amide bonds. The van der Waals surface area contributed by atoms with E-state index < -0.39 is 5.60 Å². The smallest absolute Gasteiger partial charge is 0.224 e. The van der Waals surface area contributed by atoms with Gasteiger partial charge in [-0.05, 0) is 31.4 Å². The average molecular weight is 289 g/mol. The molecule has 0 spiro atoms. The first-order valence-electron chi connectivity index (χ1n) is 7.13. The van der Waals surface area contributed by atoms with Crippen molar-refractivity contribution in [3.05, 3.63) is 30.0 Å². The summed E-state index contributed by atoms with van der Waals surface area (Å²) in [6.07, 6.45) is 4.40. The van der Waals surface area contributed by atoms with Gasteiger partial charge in [-0.3, -0.25) is 4.79 Å². The predicted molar refractivity (Wildman–Crippen MR) is 78.3 cm³/mol. The van der Waals surface area contributed by atoms with Crippen molar-refractivity contribution in [3.8, 4) is 5.75 Å². The third-order valence-corrected chi connectivity index (χ3v) is 4.11. The van der Waals surface area contributed by atoms with Crippen molar-refractivity contribution in [2.75, 3.05) is 13.7 Å². The van der Waals surface area contributed by atoms with Crippen LogP contribution < -0.4 is 10.1 Å². The van der Waals surface area contributed by atoms with Crippen LogP contribution in [0.5, 0.6) is 5.75 Å². The van der Waals surface area contributed by atoms with E-state index >= 15 is 0 Å². The minimum absolute atomic E-state index is 0.103. The molecule has 0 radical (unpaired) electrons. The molecule has 2 N–H and O–H groups in total. The third-order valence-electron chi connectivity index (χ3n) is 4.11. The molecule has 1 aliphatic rings. The number of nitrogens with one attached hydrogen (secondary N) is 1. The molecule has 1 aromatic carbocycles. The van der Waals surface area contributed by atoms with Crippen LogP contribution in [0.3, 0.4) is 0 Å². The Morgan fingerprint density at radius 2 is 2.29 bits per heavy atom. The summed E-state index contributed by atoms with van der Waals surface area (Å²) < 4.78 is 10.6. The van der Waals surface area contributed by atoms with Gasteiger partial charge in [-0.25, -0.2) is 0 Å². The van der Waals surface area contributed by atoms with Crippen molar-refractivity contribution in [2.45, 2.75) is 31.3 Å². The summed E-state index contributed by atoms with van der Waals surface area (Å²) in [5.74, 6) is 0.619. The van der Waals surface area contributed by atoms with Crippen LogP contribution in [0.4, 0.5) is 0 Å². The first-order valence-corrected chi connectivity index (χ1v) is 7.13. The zero-order chi connectivity index (χ0) is 14.9. The zero-order valence-electron chi connectivity index (χ0n) is 12.0. The second-order valence-electron chi connectivity index (χ2n) is 5.65. The molecule has 5 heteroatoms. The second kappa shape index (κ2) is 5.41. The van der Waals surface area contributed by atoms with Gasteiger partial charge in [-0.1, -0.05) is 0 Å². The Balaban J connectivity index is 1.65. The molecule has 0 unspecified atom stereocenters. The fourth-order valence-corrected chi connectivity index (χ4v) is 2.59. The fraction of sp³-hybridized carbons (Fsp3) is 0.438. The van der Waals surface area contributed by atoms with Crippen LogP contribution in [0.2, 0.25) is 0 Å². The lowest BCUT2D eigenvalue weighted by Gasteiger charge is -2.36. The highest BCUT2D eigenvalue weighted by Gasteiger charge is 2.34. The summed E-state index contributed by atoms with van der Waals surface area (Å²) in [7, 11) is 1.60. The van der Waals surface area contributed by atoms with Crippen molar-refractivity contribution < 1.29 is 19.1 Å². The number of hydrogen-bond acceptors (Lipinski definition) is 4. The normalized spacial score (nSPS) is 16.5. The van der Waals surface area contributed by atoms with Crippen LogP contribution >= 0.6 is 0 Å². The largest absolute Gasteiger partial charge is 0.497 e. The Kier molecular flexibility index (Phi) is 3.59. The predicted octanol–water partition coefficient (Wildman–Crippen LogP) is 2.02. The van der Waals surface area contributed by atoms with Crippen LogP contribution in [0, 0.1) is 0 Å². The van der Waals surface area contributed by atoms with E-state index in [1.165, 1.54) is 0 Å². The maximum Gasteiger partial charge on any atom is 0.224 e. The van der Waals surface area contributed by atoms with Crippen molar-refractivity contribution in [1.29, 1.82) is 0 Å². The molecule has 112 valence electrons. The second-order valence-corrected chi connectivity index (χ2v) is 5.65. The van der Waals surface area contributed by atoms with E-state index in [1.807, 2.05) is 12.1 Å². The number of aliphatic hydroxyl groups is 1. The molecule has 0 saturated heterocycles. The summed E-state index contributed by atoms with van der Waals surface area (Å²) in [6, 6.07) is 5.53. The van der Waals surface area contributed by atoms with Crippen LogP contribution in [-0.4, -0.2) is 30.3 Å². The Morgan fingerprint density at radius 1 is 1.48 bits per heavy atom. The highest BCUT2D eigenvalue weighted by molar-refractivity contribution is 5.88. The molecular weight excluding hydrogens is 270 g/mol. The summed E-state index contributed by atoms with van der Waals surface area (Å²) >= 11 is 0. The fourth-order valence-electron chi connectivity index (χ4n) is 2.59. The van der Waals surface area contributed by atoms with E-state index in [0.29, 0.717) is 12.1 Å². The lowest BCUT2D eigenvalue weighted by atomic mass is 9.80. The molecule has 0 atom stereocenters. The number of rotatable bonds is 5. The van der Waals surface area contributed by atoms with Gasteiger partial charge in [0, 0.05) is 23.6 Å².